The van der Waals surface area contributed by atoms with E-state index in [4.69, 9.17) is 16.3 Å². The van der Waals surface area contributed by atoms with Crippen LogP contribution in [0, 0.1) is 0 Å². The molecular formula is C14H9ClN2O2S2. The number of nitrogens with zero attached hydrogens (tertiary/aromatic N) is 2. The highest BCUT2D eigenvalue weighted by atomic mass is 35.5. The molecule has 21 heavy (non-hydrogen) atoms. The highest BCUT2D eigenvalue weighted by Crippen LogP contribution is 2.36. The number of rotatable bonds is 3. The third-order valence-corrected chi connectivity index (χ3v) is 5.02. The molecule has 0 atom stereocenters. The monoisotopic (exact) mass is 336 g/mol. The van der Waals surface area contributed by atoms with Crippen molar-refractivity contribution in [1.29, 1.82) is 0 Å². The number of aromatic nitrogens is 2. The lowest BCUT2D eigenvalue weighted by Gasteiger charge is -2.07. The summed E-state index contributed by atoms with van der Waals surface area (Å²) in [6.07, 6.45) is 0. The van der Waals surface area contributed by atoms with Crippen molar-refractivity contribution in [1.82, 2.24) is 9.97 Å². The molecule has 106 valence electrons. The number of methoxy groups -OCH3 is 1. The Morgan fingerprint density at radius 1 is 1.29 bits per heavy atom. The second kappa shape index (κ2) is 6.01. The van der Waals surface area contributed by atoms with Crippen molar-refractivity contribution < 1.29 is 9.53 Å². The molecule has 0 saturated carbocycles. The van der Waals surface area contributed by atoms with Crippen LogP contribution in [0.3, 0.4) is 0 Å². The second-order valence-electron chi connectivity index (χ2n) is 4.02. The van der Waals surface area contributed by atoms with Crippen molar-refractivity contribution in [3.05, 3.63) is 46.6 Å². The average molecular weight is 337 g/mol. The normalized spacial score (nSPS) is 10.8. The molecule has 4 nitrogen and oxygen atoms in total. The van der Waals surface area contributed by atoms with E-state index < -0.39 is 0 Å². The van der Waals surface area contributed by atoms with Gasteiger partial charge in [-0.15, -0.1) is 11.3 Å². The minimum Gasteiger partial charge on any atom is -0.465 e. The van der Waals surface area contributed by atoms with Gasteiger partial charge >= 0.3 is 5.97 Å². The first-order chi connectivity index (χ1) is 10.2. The summed E-state index contributed by atoms with van der Waals surface area (Å²) < 4.78 is 5.75. The maximum absolute atomic E-state index is 11.8. The number of carbonyl (C=O) groups excluding carboxylic acids is 1. The standard InChI is InChI=1S/C14H9ClN2O2S2/c1-19-13(18)8-4-2-3-5-10(8)21-12-11-9(6-7-20-11)16-14(15)17-12/h2-7H,1H3. The van der Waals surface area contributed by atoms with Crippen molar-refractivity contribution >= 4 is 50.9 Å². The van der Waals surface area contributed by atoms with Gasteiger partial charge in [0.05, 0.1) is 22.9 Å². The van der Waals surface area contributed by atoms with Gasteiger partial charge in [0, 0.05) is 4.90 Å². The van der Waals surface area contributed by atoms with Crippen molar-refractivity contribution in [2.45, 2.75) is 9.92 Å². The Bertz CT molecular complexity index is 820. The molecule has 0 unspecified atom stereocenters. The first-order valence-electron chi connectivity index (χ1n) is 5.95. The lowest BCUT2D eigenvalue weighted by molar-refractivity contribution is 0.0597. The summed E-state index contributed by atoms with van der Waals surface area (Å²) in [5.41, 5.74) is 1.31. The molecule has 7 heteroatoms. The Balaban J connectivity index is 2.07. The predicted octanol–water partition coefficient (Wildman–Crippen LogP) is 4.28. The van der Waals surface area contributed by atoms with Gasteiger partial charge in [-0.1, -0.05) is 23.9 Å². The van der Waals surface area contributed by atoms with Crippen molar-refractivity contribution in [3.8, 4) is 0 Å². The van der Waals surface area contributed by atoms with Gasteiger partial charge in [-0.3, -0.25) is 0 Å². The SMILES string of the molecule is COC(=O)c1ccccc1Sc1nc(Cl)nc2ccsc12. The molecule has 3 rings (SSSR count). The zero-order valence-corrected chi connectivity index (χ0v) is 13.3. The van der Waals surface area contributed by atoms with E-state index in [1.807, 2.05) is 23.6 Å². The van der Waals surface area contributed by atoms with Crippen LogP contribution in [0.1, 0.15) is 10.4 Å². The summed E-state index contributed by atoms with van der Waals surface area (Å²) in [7, 11) is 1.36. The number of fused-ring (bicyclic) bond motifs is 1. The van der Waals surface area contributed by atoms with Crippen LogP contribution < -0.4 is 0 Å². The lowest BCUT2D eigenvalue weighted by Crippen LogP contribution is -2.02. The van der Waals surface area contributed by atoms with Gasteiger partial charge in [0.25, 0.3) is 0 Å². The van der Waals surface area contributed by atoms with E-state index in [-0.39, 0.29) is 11.3 Å². The van der Waals surface area contributed by atoms with Gasteiger partial charge in [-0.2, -0.15) is 0 Å². The molecule has 0 fully saturated rings. The summed E-state index contributed by atoms with van der Waals surface area (Å²) in [5, 5.41) is 2.86. The first-order valence-corrected chi connectivity index (χ1v) is 8.02. The third-order valence-electron chi connectivity index (χ3n) is 2.74. The van der Waals surface area contributed by atoms with E-state index in [0.29, 0.717) is 5.56 Å². The van der Waals surface area contributed by atoms with Gasteiger partial charge < -0.3 is 4.74 Å². The summed E-state index contributed by atoms with van der Waals surface area (Å²) in [4.78, 5) is 21.0. The van der Waals surface area contributed by atoms with Crippen LogP contribution >= 0.6 is 34.7 Å². The number of thiophene rings is 1. The van der Waals surface area contributed by atoms with E-state index in [2.05, 4.69) is 9.97 Å². The average Bonchev–Trinajstić information content (AvgIpc) is 2.95. The van der Waals surface area contributed by atoms with E-state index in [9.17, 15) is 4.79 Å². The Labute approximate surface area is 134 Å². The molecule has 0 aliphatic heterocycles. The lowest BCUT2D eigenvalue weighted by atomic mass is 10.2. The van der Waals surface area contributed by atoms with Crippen molar-refractivity contribution in [3.63, 3.8) is 0 Å². The summed E-state index contributed by atoms with van der Waals surface area (Å²) in [6.45, 7) is 0. The number of hydrogen-bond donors (Lipinski definition) is 0. The number of halogens is 1. The smallest absolute Gasteiger partial charge is 0.339 e. The van der Waals surface area contributed by atoms with Crippen LogP contribution in [0.2, 0.25) is 5.28 Å². The van der Waals surface area contributed by atoms with Crippen LogP contribution in [0.15, 0.2) is 45.6 Å². The molecule has 1 aromatic carbocycles. The minimum atomic E-state index is -0.374. The predicted molar refractivity (Wildman–Crippen MR) is 84.3 cm³/mol. The maximum Gasteiger partial charge on any atom is 0.339 e. The molecule has 2 aromatic heterocycles. The Kier molecular flexibility index (Phi) is 4.10. The summed E-state index contributed by atoms with van der Waals surface area (Å²) in [6, 6.07) is 9.13. The van der Waals surface area contributed by atoms with Crippen LogP contribution in [0.5, 0.6) is 0 Å². The van der Waals surface area contributed by atoms with Crippen LogP contribution in [-0.4, -0.2) is 23.0 Å². The van der Waals surface area contributed by atoms with Gasteiger partial charge in [-0.05, 0) is 35.2 Å². The van der Waals surface area contributed by atoms with E-state index in [1.165, 1.54) is 18.9 Å². The number of esters is 1. The molecule has 0 aliphatic rings. The zero-order valence-electron chi connectivity index (χ0n) is 10.9. The molecule has 0 spiro atoms. The summed E-state index contributed by atoms with van der Waals surface area (Å²) >= 11 is 8.88. The topological polar surface area (TPSA) is 52.1 Å². The van der Waals surface area contributed by atoms with E-state index >= 15 is 0 Å². The third kappa shape index (κ3) is 2.88. The largest absolute Gasteiger partial charge is 0.465 e. The molecule has 0 N–H and O–H groups in total. The van der Waals surface area contributed by atoms with Crippen molar-refractivity contribution in [2.24, 2.45) is 0 Å². The highest BCUT2D eigenvalue weighted by Gasteiger charge is 2.15. The number of benzene rings is 1. The minimum absolute atomic E-state index is 0.193. The molecule has 0 radical (unpaired) electrons. The van der Waals surface area contributed by atoms with Gasteiger partial charge in [0.15, 0.2) is 0 Å². The molecule has 3 aromatic rings. The quantitative estimate of drug-likeness (QED) is 0.406. The molecule has 0 bridgehead atoms. The van der Waals surface area contributed by atoms with Crippen LogP contribution in [0.25, 0.3) is 10.2 Å². The molecule has 0 amide bonds. The van der Waals surface area contributed by atoms with Gasteiger partial charge in [0.2, 0.25) is 5.28 Å². The van der Waals surface area contributed by atoms with Crippen LogP contribution in [0.4, 0.5) is 0 Å². The van der Waals surface area contributed by atoms with Crippen LogP contribution in [-0.2, 0) is 4.74 Å². The van der Waals surface area contributed by atoms with Gasteiger partial charge in [0.1, 0.15) is 5.03 Å². The number of carbonyl (C=O) groups is 1. The fourth-order valence-corrected chi connectivity index (χ4v) is 3.97. The Morgan fingerprint density at radius 2 is 2.10 bits per heavy atom. The van der Waals surface area contributed by atoms with E-state index in [1.54, 1.807) is 23.5 Å². The fourth-order valence-electron chi connectivity index (χ4n) is 1.82. The first kappa shape index (κ1) is 14.3. The maximum atomic E-state index is 11.8. The Morgan fingerprint density at radius 3 is 2.90 bits per heavy atom. The number of hydrogen-bond acceptors (Lipinski definition) is 6. The highest BCUT2D eigenvalue weighted by molar-refractivity contribution is 7.99. The molecular weight excluding hydrogens is 328 g/mol. The zero-order chi connectivity index (χ0) is 14.8. The van der Waals surface area contributed by atoms with Gasteiger partial charge in [-0.25, -0.2) is 14.8 Å². The van der Waals surface area contributed by atoms with Crippen molar-refractivity contribution in [2.75, 3.05) is 7.11 Å². The van der Waals surface area contributed by atoms with E-state index in [0.717, 1.165) is 20.1 Å². The second-order valence-corrected chi connectivity index (χ2v) is 6.31. The molecule has 0 saturated heterocycles. The molecule has 0 aliphatic carbocycles. The number of ether oxygens (including phenoxy) is 1. The summed E-state index contributed by atoms with van der Waals surface area (Å²) in [5.74, 6) is -0.374. The fraction of sp³-hybridized carbons (Fsp3) is 0.0714. The molecule has 2 heterocycles. The Hall–Kier alpha value is -1.63.